The predicted molar refractivity (Wildman–Crippen MR) is 109 cm³/mol. The molecule has 0 aliphatic carbocycles. The summed E-state index contributed by atoms with van der Waals surface area (Å²) in [5.41, 5.74) is 0.0514. The summed E-state index contributed by atoms with van der Waals surface area (Å²) in [6.07, 6.45) is 3.61. The molecule has 2 aromatic carbocycles. The summed E-state index contributed by atoms with van der Waals surface area (Å²) >= 11 is 5.86. The number of halogens is 1. The van der Waals surface area contributed by atoms with Crippen LogP contribution < -0.4 is 9.46 Å². The number of anilines is 1. The van der Waals surface area contributed by atoms with E-state index in [0.29, 0.717) is 23.9 Å². The summed E-state index contributed by atoms with van der Waals surface area (Å²) < 4.78 is 58.8. The summed E-state index contributed by atoms with van der Waals surface area (Å²) in [6.45, 7) is 0.917. The fourth-order valence-corrected chi connectivity index (χ4v) is 5.15. The van der Waals surface area contributed by atoms with Crippen molar-refractivity contribution in [2.24, 2.45) is 0 Å². The van der Waals surface area contributed by atoms with E-state index in [4.69, 9.17) is 16.3 Å². The van der Waals surface area contributed by atoms with E-state index in [-0.39, 0.29) is 16.3 Å². The van der Waals surface area contributed by atoms with Gasteiger partial charge in [0.15, 0.2) is 5.75 Å². The highest BCUT2D eigenvalue weighted by Crippen LogP contribution is 2.34. The Bertz CT molecular complexity index is 1050. The number of benzene rings is 2. The van der Waals surface area contributed by atoms with Crippen molar-refractivity contribution in [3.63, 3.8) is 0 Å². The Morgan fingerprint density at radius 1 is 0.964 bits per heavy atom. The number of nitrogens with one attached hydrogen (secondary N) is 1. The summed E-state index contributed by atoms with van der Waals surface area (Å²) in [7, 11) is -7.36. The predicted octanol–water partition coefficient (Wildman–Crippen LogP) is 3.68. The Hall–Kier alpha value is -1.81. The van der Waals surface area contributed by atoms with E-state index in [0.717, 1.165) is 25.5 Å². The molecule has 0 spiro atoms. The van der Waals surface area contributed by atoms with Crippen LogP contribution in [0.3, 0.4) is 0 Å². The van der Waals surface area contributed by atoms with Gasteiger partial charge in [-0.15, -0.1) is 0 Å². The quantitative estimate of drug-likeness (QED) is 0.733. The van der Waals surface area contributed by atoms with Crippen LogP contribution >= 0.6 is 11.6 Å². The zero-order chi connectivity index (χ0) is 20.4. The third kappa shape index (κ3) is 5.16. The van der Waals surface area contributed by atoms with E-state index < -0.39 is 20.0 Å². The molecule has 7 nitrogen and oxygen atoms in total. The molecule has 0 bridgehead atoms. The topological polar surface area (TPSA) is 92.8 Å². The molecule has 0 unspecified atom stereocenters. The Labute approximate surface area is 170 Å². The van der Waals surface area contributed by atoms with Crippen LogP contribution in [0, 0.1) is 0 Å². The molecule has 0 atom stereocenters. The summed E-state index contributed by atoms with van der Waals surface area (Å²) in [5, 5.41) is 0.532. The third-order valence-corrected chi connectivity index (χ3v) is 6.98. The van der Waals surface area contributed by atoms with Crippen LogP contribution in [0.2, 0.25) is 5.02 Å². The zero-order valence-electron chi connectivity index (χ0n) is 15.3. The van der Waals surface area contributed by atoms with Gasteiger partial charge in [-0.05, 0) is 55.3 Å². The second-order valence-corrected chi connectivity index (χ2v) is 10.7. The smallest absolute Gasteiger partial charge is 0.243 e. The standard InChI is InChI=1S/C18H21ClN2O5S2/c1-27(22,23)20-17-13-16(28(24,25)21-11-3-2-4-12-21)9-10-18(17)26-15-7-5-14(19)6-8-15/h5-10,13,20H,2-4,11-12H2,1H3. The van der Waals surface area contributed by atoms with Gasteiger partial charge in [-0.3, -0.25) is 4.72 Å². The fourth-order valence-electron chi connectivity index (χ4n) is 2.92. The largest absolute Gasteiger partial charge is 0.455 e. The first-order chi connectivity index (χ1) is 13.1. The highest BCUT2D eigenvalue weighted by atomic mass is 35.5. The summed E-state index contributed by atoms with van der Waals surface area (Å²) in [4.78, 5) is 0.0176. The molecule has 1 aliphatic heterocycles. The fraction of sp³-hybridized carbons (Fsp3) is 0.333. The van der Waals surface area contributed by atoms with Crippen LogP contribution in [0.5, 0.6) is 11.5 Å². The lowest BCUT2D eigenvalue weighted by molar-refractivity contribution is 0.346. The maximum Gasteiger partial charge on any atom is 0.243 e. The zero-order valence-corrected chi connectivity index (χ0v) is 17.6. The van der Waals surface area contributed by atoms with Crippen molar-refractivity contribution in [1.82, 2.24) is 4.31 Å². The first-order valence-electron chi connectivity index (χ1n) is 8.70. The van der Waals surface area contributed by atoms with E-state index in [1.807, 2.05) is 0 Å². The monoisotopic (exact) mass is 444 g/mol. The van der Waals surface area contributed by atoms with Crippen LogP contribution in [0.1, 0.15) is 19.3 Å². The Morgan fingerprint density at radius 2 is 1.61 bits per heavy atom. The highest BCUT2D eigenvalue weighted by Gasteiger charge is 2.27. The molecular weight excluding hydrogens is 424 g/mol. The van der Waals surface area contributed by atoms with Crippen LogP contribution in [0.4, 0.5) is 5.69 Å². The normalized spacial score (nSPS) is 15.9. The molecule has 1 aliphatic rings. The first kappa shape index (κ1) is 20.9. The average Bonchev–Trinajstić information content (AvgIpc) is 2.64. The van der Waals surface area contributed by atoms with E-state index in [9.17, 15) is 16.8 Å². The molecule has 10 heteroatoms. The SMILES string of the molecule is CS(=O)(=O)Nc1cc(S(=O)(=O)N2CCCCC2)ccc1Oc1ccc(Cl)cc1. The van der Waals surface area contributed by atoms with Gasteiger partial charge < -0.3 is 4.74 Å². The molecule has 1 N–H and O–H groups in total. The van der Waals surface area contributed by atoms with Crippen LogP contribution in [0.25, 0.3) is 0 Å². The minimum atomic E-state index is -3.71. The van der Waals surface area contributed by atoms with Gasteiger partial charge in [-0.25, -0.2) is 16.8 Å². The van der Waals surface area contributed by atoms with Gasteiger partial charge >= 0.3 is 0 Å². The Balaban J connectivity index is 1.98. The number of ether oxygens (including phenoxy) is 1. The molecule has 0 saturated carbocycles. The molecule has 28 heavy (non-hydrogen) atoms. The van der Waals surface area contributed by atoms with E-state index >= 15 is 0 Å². The molecular formula is C18H21ClN2O5S2. The number of hydrogen-bond donors (Lipinski definition) is 1. The maximum atomic E-state index is 12.9. The highest BCUT2D eigenvalue weighted by molar-refractivity contribution is 7.92. The van der Waals surface area contributed by atoms with Crippen LogP contribution in [-0.4, -0.2) is 40.5 Å². The Kier molecular flexibility index (Phi) is 6.18. The van der Waals surface area contributed by atoms with E-state index in [1.165, 1.54) is 22.5 Å². The molecule has 3 rings (SSSR count). The van der Waals surface area contributed by atoms with Gasteiger partial charge in [-0.1, -0.05) is 18.0 Å². The number of rotatable bonds is 6. The number of hydrogen-bond acceptors (Lipinski definition) is 5. The van der Waals surface area contributed by atoms with E-state index in [2.05, 4.69) is 4.72 Å². The molecule has 1 heterocycles. The molecule has 0 amide bonds. The maximum absolute atomic E-state index is 12.9. The van der Waals surface area contributed by atoms with Crippen molar-refractivity contribution in [3.05, 3.63) is 47.5 Å². The van der Waals surface area contributed by atoms with Crippen molar-refractivity contribution in [1.29, 1.82) is 0 Å². The first-order valence-corrected chi connectivity index (χ1v) is 12.4. The van der Waals surface area contributed by atoms with Crippen LogP contribution in [-0.2, 0) is 20.0 Å². The van der Waals surface area contributed by atoms with Gasteiger partial charge in [0.1, 0.15) is 5.75 Å². The lowest BCUT2D eigenvalue weighted by Crippen LogP contribution is -2.35. The lowest BCUT2D eigenvalue weighted by Gasteiger charge is -2.26. The minimum Gasteiger partial charge on any atom is -0.455 e. The molecule has 0 aromatic heterocycles. The second kappa shape index (κ2) is 8.28. The van der Waals surface area contributed by atoms with Crippen molar-refractivity contribution >= 4 is 37.3 Å². The summed E-state index contributed by atoms with van der Waals surface area (Å²) in [5.74, 6) is 0.623. The molecule has 1 saturated heterocycles. The van der Waals surface area contributed by atoms with Gasteiger partial charge in [0.25, 0.3) is 0 Å². The van der Waals surface area contributed by atoms with Crippen molar-refractivity contribution < 1.29 is 21.6 Å². The van der Waals surface area contributed by atoms with Gasteiger partial charge in [0.2, 0.25) is 20.0 Å². The lowest BCUT2D eigenvalue weighted by atomic mass is 10.2. The van der Waals surface area contributed by atoms with Gasteiger partial charge in [0, 0.05) is 18.1 Å². The second-order valence-electron chi connectivity index (χ2n) is 6.55. The molecule has 0 radical (unpaired) electrons. The summed E-state index contributed by atoms with van der Waals surface area (Å²) in [6, 6.07) is 10.7. The van der Waals surface area contributed by atoms with Crippen molar-refractivity contribution in [3.8, 4) is 11.5 Å². The van der Waals surface area contributed by atoms with Crippen molar-refractivity contribution in [2.75, 3.05) is 24.1 Å². The minimum absolute atomic E-state index is 0.0176. The number of nitrogens with zero attached hydrogens (tertiary/aromatic N) is 1. The average molecular weight is 445 g/mol. The molecule has 1 fully saturated rings. The van der Waals surface area contributed by atoms with Crippen molar-refractivity contribution in [2.45, 2.75) is 24.2 Å². The molecule has 2 aromatic rings. The Morgan fingerprint density at radius 3 is 2.21 bits per heavy atom. The van der Waals surface area contributed by atoms with Gasteiger partial charge in [0.05, 0.1) is 16.8 Å². The van der Waals surface area contributed by atoms with E-state index in [1.54, 1.807) is 24.3 Å². The molecule has 152 valence electrons. The third-order valence-electron chi connectivity index (χ3n) is 4.24. The van der Waals surface area contributed by atoms with Crippen LogP contribution in [0.15, 0.2) is 47.4 Å². The number of sulfonamides is 2. The number of piperidine rings is 1. The van der Waals surface area contributed by atoms with Gasteiger partial charge in [-0.2, -0.15) is 4.31 Å².